The minimum absolute atomic E-state index is 0.175. The molecule has 1 heterocycles. The third kappa shape index (κ3) is 3.35. The van der Waals surface area contributed by atoms with Crippen molar-refractivity contribution in [1.82, 2.24) is 4.98 Å². The molecular formula is C18H14BrNO3. The first-order chi connectivity index (χ1) is 11.2. The van der Waals surface area contributed by atoms with Crippen LogP contribution in [0.2, 0.25) is 0 Å². The van der Waals surface area contributed by atoms with Crippen molar-refractivity contribution in [1.29, 1.82) is 0 Å². The fourth-order valence-electron chi connectivity index (χ4n) is 2.28. The predicted molar refractivity (Wildman–Crippen MR) is 91.6 cm³/mol. The smallest absolute Gasteiger partial charge is 0.360 e. The maximum absolute atomic E-state index is 12.0. The molecule has 0 unspecified atom stereocenters. The number of halogens is 1. The van der Waals surface area contributed by atoms with Crippen LogP contribution in [-0.4, -0.2) is 18.1 Å². The number of carbonyl (C=O) groups excluding carboxylic acids is 1. The van der Waals surface area contributed by atoms with E-state index in [2.05, 4.69) is 20.9 Å². The number of pyridine rings is 1. The van der Waals surface area contributed by atoms with Crippen LogP contribution in [0.3, 0.4) is 0 Å². The van der Waals surface area contributed by atoms with Crippen LogP contribution >= 0.6 is 15.9 Å². The highest BCUT2D eigenvalue weighted by atomic mass is 79.9. The van der Waals surface area contributed by atoms with E-state index < -0.39 is 5.97 Å². The van der Waals surface area contributed by atoms with Crippen molar-refractivity contribution in [3.05, 3.63) is 70.5 Å². The van der Waals surface area contributed by atoms with Crippen LogP contribution in [0, 0.1) is 0 Å². The minimum atomic E-state index is -0.519. The van der Waals surface area contributed by atoms with Crippen LogP contribution in [0.1, 0.15) is 16.1 Å². The number of carbonyl (C=O) groups is 1. The van der Waals surface area contributed by atoms with Gasteiger partial charge in [0.05, 0.1) is 7.11 Å². The lowest BCUT2D eigenvalue weighted by Crippen LogP contribution is -2.09. The number of esters is 1. The number of methoxy groups -OCH3 is 1. The Morgan fingerprint density at radius 2 is 1.96 bits per heavy atom. The fourth-order valence-corrected chi connectivity index (χ4v) is 2.64. The SMILES string of the molecule is COC(=O)c1ncc2ccc(Br)cc2c1OCc1ccccc1. The summed E-state index contributed by atoms with van der Waals surface area (Å²) in [5.74, 6) is -0.0885. The van der Waals surface area contributed by atoms with Crippen molar-refractivity contribution in [2.75, 3.05) is 7.11 Å². The summed E-state index contributed by atoms with van der Waals surface area (Å²) in [5.41, 5.74) is 1.18. The summed E-state index contributed by atoms with van der Waals surface area (Å²) >= 11 is 3.45. The van der Waals surface area contributed by atoms with E-state index >= 15 is 0 Å². The monoisotopic (exact) mass is 371 g/mol. The molecule has 0 amide bonds. The Kier molecular flexibility index (Phi) is 4.57. The summed E-state index contributed by atoms with van der Waals surface area (Å²) in [4.78, 5) is 16.2. The van der Waals surface area contributed by atoms with Gasteiger partial charge in [0.2, 0.25) is 0 Å². The quantitative estimate of drug-likeness (QED) is 0.639. The Balaban J connectivity index is 2.06. The summed E-state index contributed by atoms with van der Waals surface area (Å²) in [6, 6.07) is 15.5. The first-order valence-corrected chi connectivity index (χ1v) is 7.81. The van der Waals surface area contributed by atoms with Crippen molar-refractivity contribution in [3.63, 3.8) is 0 Å². The Labute approximate surface area is 142 Å². The highest BCUT2D eigenvalue weighted by Crippen LogP contribution is 2.31. The van der Waals surface area contributed by atoms with Crippen molar-refractivity contribution < 1.29 is 14.3 Å². The zero-order valence-corrected chi connectivity index (χ0v) is 14.0. The third-order valence-electron chi connectivity index (χ3n) is 3.41. The zero-order chi connectivity index (χ0) is 16.2. The average molecular weight is 372 g/mol. The van der Waals surface area contributed by atoms with E-state index in [9.17, 15) is 4.79 Å². The van der Waals surface area contributed by atoms with Crippen LogP contribution in [0.25, 0.3) is 10.8 Å². The average Bonchev–Trinajstić information content (AvgIpc) is 2.59. The summed E-state index contributed by atoms with van der Waals surface area (Å²) in [5, 5.41) is 1.70. The van der Waals surface area contributed by atoms with E-state index in [0.717, 1.165) is 20.8 Å². The molecule has 0 spiro atoms. The number of hydrogen-bond acceptors (Lipinski definition) is 4. The molecule has 0 aliphatic rings. The van der Waals surface area contributed by atoms with Gasteiger partial charge in [0.15, 0.2) is 11.4 Å². The lowest BCUT2D eigenvalue weighted by atomic mass is 10.1. The van der Waals surface area contributed by atoms with Gasteiger partial charge < -0.3 is 9.47 Å². The van der Waals surface area contributed by atoms with Crippen molar-refractivity contribution >= 4 is 32.7 Å². The van der Waals surface area contributed by atoms with Crippen LogP contribution < -0.4 is 4.74 Å². The van der Waals surface area contributed by atoms with Gasteiger partial charge in [0.1, 0.15) is 6.61 Å². The van der Waals surface area contributed by atoms with Gasteiger partial charge in [-0.25, -0.2) is 9.78 Å². The van der Waals surface area contributed by atoms with Crippen LogP contribution in [0.15, 0.2) is 59.2 Å². The predicted octanol–water partition coefficient (Wildman–Crippen LogP) is 4.36. The second-order valence-corrected chi connectivity index (χ2v) is 5.85. The maximum Gasteiger partial charge on any atom is 0.360 e. The first-order valence-electron chi connectivity index (χ1n) is 7.02. The van der Waals surface area contributed by atoms with E-state index in [1.54, 1.807) is 6.20 Å². The molecule has 0 saturated carbocycles. The Hall–Kier alpha value is -2.40. The molecule has 2 aromatic carbocycles. The van der Waals surface area contributed by atoms with Crippen LogP contribution in [0.4, 0.5) is 0 Å². The molecule has 3 aromatic rings. The molecule has 0 radical (unpaired) electrons. The molecule has 0 N–H and O–H groups in total. The van der Waals surface area contributed by atoms with E-state index in [-0.39, 0.29) is 5.69 Å². The normalized spacial score (nSPS) is 10.5. The third-order valence-corrected chi connectivity index (χ3v) is 3.91. The number of nitrogens with zero attached hydrogens (tertiary/aromatic N) is 1. The summed E-state index contributed by atoms with van der Waals surface area (Å²) < 4.78 is 11.6. The molecule has 116 valence electrons. The van der Waals surface area contributed by atoms with Gasteiger partial charge in [-0.3, -0.25) is 0 Å². The first kappa shape index (κ1) is 15.5. The van der Waals surface area contributed by atoms with E-state index in [1.807, 2.05) is 48.5 Å². The van der Waals surface area contributed by atoms with Crippen molar-refractivity contribution in [2.24, 2.45) is 0 Å². The Morgan fingerprint density at radius 1 is 1.17 bits per heavy atom. The molecule has 0 fully saturated rings. The second kappa shape index (κ2) is 6.79. The minimum Gasteiger partial charge on any atom is -0.486 e. The summed E-state index contributed by atoms with van der Waals surface area (Å²) in [7, 11) is 1.33. The summed E-state index contributed by atoms with van der Waals surface area (Å²) in [6.07, 6.45) is 1.64. The molecule has 5 heteroatoms. The molecule has 1 aromatic heterocycles. The topological polar surface area (TPSA) is 48.4 Å². The second-order valence-electron chi connectivity index (χ2n) is 4.93. The van der Waals surface area contributed by atoms with Crippen molar-refractivity contribution in [3.8, 4) is 5.75 Å². The standard InChI is InChI=1S/C18H14BrNO3/c1-22-18(21)16-17(23-11-12-5-3-2-4-6-12)15-9-14(19)8-7-13(15)10-20-16/h2-10H,11H2,1H3. The highest BCUT2D eigenvalue weighted by molar-refractivity contribution is 9.10. The van der Waals surface area contributed by atoms with Crippen molar-refractivity contribution in [2.45, 2.75) is 6.61 Å². The van der Waals surface area contributed by atoms with Gasteiger partial charge >= 0.3 is 5.97 Å². The van der Waals surface area contributed by atoms with Gasteiger partial charge in [0, 0.05) is 21.4 Å². The Morgan fingerprint density at radius 3 is 2.70 bits per heavy atom. The number of fused-ring (bicyclic) bond motifs is 1. The fraction of sp³-hybridized carbons (Fsp3) is 0.111. The number of hydrogen-bond donors (Lipinski definition) is 0. The maximum atomic E-state index is 12.0. The Bertz CT molecular complexity index is 850. The van der Waals surface area contributed by atoms with Crippen LogP contribution in [0.5, 0.6) is 5.75 Å². The van der Waals surface area contributed by atoms with Gasteiger partial charge in [-0.1, -0.05) is 52.3 Å². The molecule has 3 rings (SSSR count). The molecule has 0 aliphatic heterocycles. The van der Waals surface area contributed by atoms with Gasteiger partial charge in [-0.15, -0.1) is 0 Å². The summed E-state index contributed by atoms with van der Waals surface area (Å²) in [6.45, 7) is 0.345. The van der Waals surface area contributed by atoms with Gasteiger partial charge in [0.25, 0.3) is 0 Å². The molecular weight excluding hydrogens is 358 g/mol. The van der Waals surface area contributed by atoms with Gasteiger partial charge in [-0.2, -0.15) is 0 Å². The number of rotatable bonds is 4. The van der Waals surface area contributed by atoms with Crippen LogP contribution in [-0.2, 0) is 11.3 Å². The molecule has 0 saturated heterocycles. The van der Waals surface area contributed by atoms with E-state index in [0.29, 0.717) is 12.4 Å². The lowest BCUT2D eigenvalue weighted by molar-refractivity contribution is 0.0589. The van der Waals surface area contributed by atoms with E-state index in [1.165, 1.54) is 7.11 Å². The molecule has 0 atom stereocenters. The number of ether oxygens (including phenoxy) is 2. The lowest BCUT2D eigenvalue weighted by Gasteiger charge is -2.13. The number of benzene rings is 2. The zero-order valence-electron chi connectivity index (χ0n) is 12.5. The molecule has 4 nitrogen and oxygen atoms in total. The largest absolute Gasteiger partial charge is 0.486 e. The van der Waals surface area contributed by atoms with E-state index in [4.69, 9.17) is 9.47 Å². The molecule has 23 heavy (non-hydrogen) atoms. The molecule has 0 bridgehead atoms. The highest BCUT2D eigenvalue weighted by Gasteiger charge is 2.18. The van der Waals surface area contributed by atoms with Gasteiger partial charge in [-0.05, 0) is 17.7 Å². The number of aromatic nitrogens is 1. The molecule has 0 aliphatic carbocycles.